The summed E-state index contributed by atoms with van der Waals surface area (Å²) in [5.41, 5.74) is 3.97. The Hall–Kier alpha value is -2.96. The first-order valence-corrected chi connectivity index (χ1v) is 9.63. The van der Waals surface area contributed by atoms with Crippen LogP contribution in [0, 0.1) is 6.92 Å². The van der Waals surface area contributed by atoms with Crippen molar-refractivity contribution in [3.63, 3.8) is 0 Å². The highest BCUT2D eigenvalue weighted by Crippen LogP contribution is 2.25. The number of quaternary nitrogens is 1. The number of aromatic nitrogens is 2. The summed E-state index contributed by atoms with van der Waals surface area (Å²) in [6, 6.07) is 20.0. The quantitative estimate of drug-likeness (QED) is 0.712. The van der Waals surface area contributed by atoms with Gasteiger partial charge in [-0.15, -0.1) is 0 Å². The van der Waals surface area contributed by atoms with Crippen LogP contribution in [0.2, 0.25) is 0 Å². The lowest BCUT2D eigenvalue weighted by molar-refractivity contribution is -0.899. The Labute approximate surface area is 164 Å². The lowest BCUT2D eigenvalue weighted by Crippen LogP contribution is -3.15. The summed E-state index contributed by atoms with van der Waals surface area (Å²) in [7, 11) is 0. The maximum Gasteiger partial charge on any atom is 0.280 e. The average Bonchev–Trinajstić information content (AvgIpc) is 3.13. The van der Waals surface area contributed by atoms with E-state index in [1.165, 1.54) is 10.5 Å². The molecular weight excluding hydrogens is 352 g/mol. The summed E-state index contributed by atoms with van der Waals surface area (Å²) < 4.78 is 7.16. The standard InChI is InChI=1S/C22H24N4O2/c1-17-7-9-18(10-8-17)20-15-21(26(24-20)19-5-3-2-4-6-19)23-22(27)16-25-11-13-28-14-12-25/h2-10,15H,11-14,16H2,1H3,(H,23,27)/p+1. The molecule has 6 nitrogen and oxygen atoms in total. The SMILES string of the molecule is Cc1ccc(-c2cc(NC(=O)C[NH+]3CCOCC3)n(-c3ccccc3)n2)cc1. The molecule has 1 aliphatic heterocycles. The highest BCUT2D eigenvalue weighted by atomic mass is 16.5. The zero-order valence-corrected chi connectivity index (χ0v) is 16.0. The molecule has 0 atom stereocenters. The van der Waals surface area contributed by atoms with Crippen LogP contribution in [-0.2, 0) is 9.53 Å². The normalized spacial score (nSPS) is 14.8. The van der Waals surface area contributed by atoms with Gasteiger partial charge in [-0.1, -0.05) is 48.0 Å². The predicted molar refractivity (Wildman–Crippen MR) is 109 cm³/mol. The van der Waals surface area contributed by atoms with Crippen molar-refractivity contribution in [3.8, 4) is 16.9 Å². The molecule has 1 fully saturated rings. The summed E-state index contributed by atoms with van der Waals surface area (Å²) in [5.74, 6) is 0.670. The van der Waals surface area contributed by atoms with Gasteiger partial charge in [0.15, 0.2) is 6.54 Å². The van der Waals surface area contributed by atoms with Crippen LogP contribution < -0.4 is 10.2 Å². The number of hydrogen-bond acceptors (Lipinski definition) is 3. The van der Waals surface area contributed by atoms with Gasteiger partial charge in [0.1, 0.15) is 18.9 Å². The van der Waals surface area contributed by atoms with E-state index < -0.39 is 0 Å². The maximum atomic E-state index is 12.6. The number of carbonyl (C=O) groups excluding carboxylic acids is 1. The number of ether oxygens (including phenoxy) is 1. The van der Waals surface area contributed by atoms with E-state index in [0.29, 0.717) is 25.6 Å². The first kappa shape index (κ1) is 18.4. The molecule has 0 bridgehead atoms. The topological polar surface area (TPSA) is 60.6 Å². The predicted octanol–water partition coefficient (Wildman–Crippen LogP) is 1.70. The van der Waals surface area contributed by atoms with E-state index in [0.717, 1.165) is 30.0 Å². The number of hydrogen-bond donors (Lipinski definition) is 2. The molecule has 0 unspecified atom stereocenters. The number of aryl methyl sites for hydroxylation is 1. The van der Waals surface area contributed by atoms with E-state index in [9.17, 15) is 4.79 Å². The van der Waals surface area contributed by atoms with Gasteiger partial charge < -0.3 is 15.0 Å². The Morgan fingerprint density at radius 2 is 1.82 bits per heavy atom. The average molecular weight is 377 g/mol. The zero-order chi connectivity index (χ0) is 19.3. The third-order valence-electron chi connectivity index (χ3n) is 4.94. The van der Waals surface area contributed by atoms with Gasteiger partial charge in [-0.05, 0) is 19.1 Å². The van der Waals surface area contributed by atoms with Crippen LogP contribution in [0.25, 0.3) is 16.9 Å². The molecule has 0 radical (unpaired) electrons. The fourth-order valence-electron chi connectivity index (χ4n) is 3.35. The third kappa shape index (κ3) is 4.30. The van der Waals surface area contributed by atoms with Gasteiger partial charge in [-0.3, -0.25) is 4.79 Å². The molecule has 4 rings (SSSR count). The molecule has 144 valence electrons. The third-order valence-corrected chi connectivity index (χ3v) is 4.94. The van der Waals surface area contributed by atoms with E-state index in [4.69, 9.17) is 9.84 Å². The number of para-hydroxylation sites is 1. The minimum atomic E-state index is -0.00978. The molecule has 2 aromatic carbocycles. The number of anilines is 1. The fourth-order valence-corrected chi connectivity index (χ4v) is 3.35. The molecule has 1 amide bonds. The molecule has 6 heteroatoms. The molecular formula is C22H25N4O2+. The largest absolute Gasteiger partial charge is 0.370 e. The van der Waals surface area contributed by atoms with Crippen LogP contribution in [0.15, 0.2) is 60.7 Å². The fraction of sp³-hybridized carbons (Fsp3) is 0.273. The molecule has 3 aromatic rings. The van der Waals surface area contributed by atoms with Crippen molar-refractivity contribution in [2.45, 2.75) is 6.92 Å². The minimum absolute atomic E-state index is 0.00978. The Kier molecular flexibility index (Phi) is 5.50. The Balaban J connectivity index is 1.60. The molecule has 1 aliphatic rings. The zero-order valence-electron chi connectivity index (χ0n) is 16.0. The van der Waals surface area contributed by atoms with Crippen molar-refractivity contribution in [2.75, 3.05) is 38.2 Å². The second kappa shape index (κ2) is 8.37. The first-order valence-electron chi connectivity index (χ1n) is 9.63. The Morgan fingerprint density at radius 3 is 2.54 bits per heavy atom. The molecule has 1 saturated heterocycles. The first-order chi connectivity index (χ1) is 13.7. The van der Waals surface area contributed by atoms with Gasteiger partial charge in [0.25, 0.3) is 5.91 Å². The smallest absolute Gasteiger partial charge is 0.280 e. The highest BCUT2D eigenvalue weighted by Gasteiger charge is 2.20. The van der Waals surface area contributed by atoms with Crippen LogP contribution in [0.4, 0.5) is 5.82 Å². The van der Waals surface area contributed by atoms with Crippen molar-refractivity contribution >= 4 is 11.7 Å². The van der Waals surface area contributed by atoms with Gasteiger partial charge in [0.2, 0.25) is 0 Å². The number of rotatable bonds is 5. The number of nitrogens with zero attached hydrogens (tertiary/aromatic N) is 2. The summed E-state index contributed by atoms with van der Waals surface area (Å²) >= 11 is 0. The van der Waals surface area contributed by atoms with Crippen LogP contribution in [0.3, 0.4) is 0 Å². The lowest BCUT2D eigenvalue weighted by atomic mass is 10.1. The van der Waals surface area contributed by atoms with Crippen molar-refractivity contribution in [2.24, 2.45) is 0 Å². The number of carbonyl (C=O) groups is 1. The summed E-state index contributed by atoms with van der Waals surface area (Å²) in [4.78, 5) is 13.9. The van der Waals surface area contributed by atoms with E-state index >= 15 is 0 Å². The summed E-state index contributed by atoms with van der Waals surface area (Å²) in [6.07, 6.45) is 0. The number of nitrogens with one attached hydrogen (secondary N) is 2. The second-order valence-electron chi connectivity index (χ2n) is 7.12. The summed E-state index contributed by atoms with van der Waals surface area (Å²) in [6.45, 7) is 5.64. The van der Waals surface area contributed by atoms with Crippen molar-refractivity contribution < 1.29 is 14.4 Å². The second-order valence-corrected chi connectivity index (χ2v) is 7.12. The lowest BCUT2D eigenvalue weighted by Gasteiger charge is -2.23. The van der Waals surface area contributed by atoms with Gasteiger partial charge in [0.05, 0.1) is 24.6 Å². The summed E-state index contributed by atoms with van der Waals surface area (Å²) in [5, 5.41) is 7.81. The number of amides is 1. The van der Waals surface area contributed by atoms with E-state index in [2.05, 4.69) is 36.5 Å². The van der Waals surface area contributed by atoms with Crippen molar-refractivity contribution in [3.05, 3.63) is 66.2 Å². The van der Waals surface area contributed by atoms with Crippen molar-refractivity contribution in [1.82, 2.24) is 9.78 Å². The maximum absolute atomic E-state index is 12.6. The van der Waals surface area contributed by atoms with Gasteiger partial charge in [0, 0.05) is 11.6 Å². The molecule has 0 saturated carbocycles. The van der Waals surface area contributed by atoms with E-state index in [1.54, 1.807) is 4.68 Å². The Morgan fingerprint density at radius 1 is 1.11 bits per heavy atom. The highest BCUT2D eigenvalue weighted by molar-refractivity contribution is 5.91. The van der Waals surface area contributed by atoms with Crippen LogP contribution >= 0.6 is 0 Å². The van der Waals surface area contributed by atoms with Crippen LogP contribution in [0.1, 0.15) is 5.56 Å². The van der Waals surface area contributed by atoms with E-state index in [1.807, 2.05) is 36.4 Å². The van der Waals surface area contributed by atoms with Gasteiger partial charge in [-0.2, -0.15) is 5.10 Å². The molecule has 28 heavy (non-hydrogen) atoms. The van der Waals surface area contributed by atoms with Gasteiger partial charge in [-0.25, -0.2) is 4.68 Å². The van der Waals surface area contributed by atoms with Crippen LogP contribution in [-0.4, -0.2) is 48.5 Å². The monoisotopic (exact) mass is 377 g/mol. The molecule has 1 aromatic heterocycles. The van der Waals surface area contributed by atoms with E-state index in [-0.39, 0.29) is 5.91 Å². The number of morpholine rings is 1. The molecule has 2 heterocycles. The van der Waals surface area contributed by atoms with Crippen LogP contribution in [0.5, 0.6) is 0 Å². The molecule has 2 N–H and O–H groups in total. The minimum Gasteiger partial charge on any atom is -0.370 e. The number of benzene rings is 2. The van der Waals surface area contributed by atoms with Crippen molar-refractivity contribution in [1.29, 1.82) is 0 Å². The molecule has 0 spiro atoms. The Bertz CT molecular complexity index is 929. The van der Waals surface area contributed by atoms with Gasteiger partial charge >= 0.3 is 0 Å². The molecule has 0 aliphatic carbocycles.